The molecule has 1 aromatic carbocycles. The molecule has 0 aromatic heterocycles. The molecule has 2 aliphatic rings. The minimum atomic E-state index is -2.48. The van der Waals surface area contributed by atoms with Crippen molar-refractivity contribution in [1.82, 2.24) is 9.91 Å². The van der Waals surface area contributed by atoms with Crippen LogP contribution in [0, 0.1) is 0 Å². The largest absolute Gasteiger partial charge is 0.393 e. The number of aliphatic hydroxyl groups excluding tert-OH is 1. The first-order chi connectivity index (χ1) is 16.2. The lowest BCUT2D eigenvalue weighted by molar-refractivity contribution is -0.114. The quantitative estimate of drug-likeness (QED) is 0.143. The van der Waals surface area contributed by atoms with Crippen LogP contribution in [0.3, 0.4) is 0 Å². The first-order valence-electron chi connectivity index (χ1n) is 11.7. The highest BCUT2D eigenvalue weighted by Gasteiger charge is 2.39. The number of amides is 1. The molecule has 34 heavy (non-hydrogen) atoms. The minimum absolute atomic E-state index is 0.143. The summed E-state index contributed by atoms with van der Waals surface area (Å²) in [5, 5.41) is 14.4. The van der Waals surface area contributed by atoms with Crippen LogP contribution in [0.1, 0.15) is 38.5 Å². The Morgan fingerprint density at radius 3 is 2.38 bits per heavy atom. The van der Waals surface area contributed by atoms with Gasteiger partial charge in [-0.1, -0.05) is 11.8 Å². The number of primary amides is 1. The number of halogens is 2. The predicted molar refractivity (Wildman–Crippen MR) is 131 cm³/mol. The number of nitrogens with one attached hydrogen (secondary N) is 1. The number of benzene rings is 1. The Morgan fingerprint density at radius 2 is 1.85 bits per heavy atom. The maximum Gasteiger partial charge on any atom is 0.288 e. The summed E-state index contributed by atoms with van der Waals surface area (Å²) in [5.41, 5.74) is 12.3. The molecule has 0 radical (unpaired) electrons. The van der Waals surface area contributed by atoms with Gasteiger partial charge in [-0.3, -0.25) is 4.79 Å². The second kappa shape index (κ2) is 12.2. The van der Waals surface area contributed by atoms with E-state index in [4.69, 9.17) is 17.3 Å². The molecular weight excluding hydrogens is 462 g/mol. The van der Waals surface area contributed by atoms with Crippen molar-refractivity contribution in [3.8, 4) is 0 Å². The van der Waals surface area contributed by atoms with Crippen molar-refractivity contribution in [2.75, 3.05) is 31.5 Å². The summed E-state index contributed by atoms with van der Waals surface area (Å²) in [6.45, 7) is 2.32. The van der Waals surface area contributed by atoms with E-state index in [1.807, 2.05) is 0 Å². The third kappa shape index (κ3) is 7.05. The monoisotopic (exact) mass is 498 g/mol. The van der Waals surface area contributed by atoms with Crippen LogP contribution in [0.5, 0.6) is 0 Å². The standard InChI is InChI=1S/C23H36F2N6O2S/c24-22(25)34-20-3-1-17(2-4-20)29-13-16(21(27)33)14-31(28)23(15-26)9-5-18(6-10-23)30-11-7-19(32)8-12-30/h1-4,14,18-19,22,29,32H,5-13,15,26,28H2,(H2,27,33). The minimum Gasteiger partial charge on any atom is -0.393 e. The van der Waals surface area contributed by atoms with Gasteiger partial charge < -0.3 is 31.8 Å². The van der Waals surface area contributed by atoms with Gasteiger partial charge in [0.25, 0.3) is 5.76 Å². The molecule has 0 atom stereocenters. The SMILES string of the molecule is NCC1(N(N)C=C(CNc2ccc(SC(F)F)cc2)C(N)=O)CCC(N2CCC(O)CC2)CC1. The molecule has 8 nitrogen and oxygen atoms in total. The Bertz CT molecular complexity index is 825. The number of hydrazine groups is 1. The van der Waals surface area contributed by atoms with Gasteiger partial charge in [0, 0.05) is 49.0 Å². The van der Waals surface area contributed by atoms with Crippen molar-refractivity contribution in [2.24, 2.45) is 17.3 Å². The molecule has 0 spiro atoms. The van der Waals surface area contributed by atoms with Crippen LogP contribution in [0.4, 0.5) is 14.5 Å². The summed E-state index contributed by atoms with van der Waals surface area (Å²) in [7, 11) is 0. The van der Waals surface area contributed by atoms with Crippen molar-refractivity contribution < 1.29 is 18.7 Å². The molecule has 0 bridgehead atoms. The summed E-state index contributed by atoms with van der Waals surface area (Å²) in [4.78, 5) is 15.0. The fourth-order valence-electron chi connectivity index (χ4n) is 4.78. The van der Waals surface area contributed by atoms with Crippen molar-refractivity contribution in [2.45, 2.75) is 66.9 Å². The van der Waals surface area contributed by atoms with Crippen molar-refractivity contribution >= 4 is 23.4 Å². The van der Waals surface area contributed by atoms with Crippen LogP contribution in [-0.4, -0.2) is 70.5 Å². The number of rotatable bonds is 10. The third-order valence-corrected chi connectivity index (χ3v) is 7.73. The number of likely N-dealkylation sites (tertiary alicyclic amines) is 1. The Kier molecular flexibility index (Phi) is 9.55. The van der Waals surface area contributed by atoms with Gasteiger partial charge in [-0.2, -0.15) is 8.78 Å². The lowest BCUT2D eigenvalue weighted by atomic mass is 9.78. The van der Waals surface area contributed by atoms with E-state index in [2.05, 4.69) is 10.2 Å². The molecule has 2 fully saturated rings. The number of nitrogens with two attached hydrogens (primary N) is 3. The summed E-state index contributed by atoms with van der Waals surface area (Å²) in [5.74, 6) is 3.36. The fourth-order valence-corrected chi connectivity index (χ4v) is 5.28. The van der Waals surface area contributed by atoms with Gasteiger partial charge in [0.05, 0.1) is 17.2 Å². The van der Waals surface area contributed by atoms with Gasteiger partial charge in [-0.15, -0.1) is 0 Å². The van der Waals surface area contributed by atoms with E-state index in [1.165, 1.54) is 0 Å². The lowest BCUT2D eigenvalue weighted by Gasteiger charge is -2.48. The third-order valence-electron chi connectivity index (χ3n) is 7.00. The van der Waals surface area contributed by atoms with E-state index < -0.39 is 17.2 Å². The maximum atomic E-state index is 12.5. The van der Waals surface area contributed by atoms with Gasteiger partial charge >= 0.3 is 0 Å². The molecule has 1 aromatic rings. The number of alkyl halides is 2. The molecule has 1 amide bonds. The summed E-state index contributed by atoms with van der Waals surface area (Å²) >= 11 is 0.476. The second-order valence-electron chi connectivity index (χ2n) is 9.11. The van der Waals surface area contributed by atoms with Crippen molar-refractivity contribution in [3.05, 3.63) is 36.0 Å². The Morgan fingerprint density at radius 1 is 1.24 bits per heavy atom. The Hall–Kier alpha value is -1.92. The van der Waals surface area contributed by atoms with Crippen molar-refractivity contribution in [3.63, 3.8) is 0 Å². The molecule has 1 saturated heterocycles. The normalized spacial score (nSPS) is 24.9. The Balaban J connectivity index is 1.60. The lowest BCUT2D eigenvalue weighted by Crippen LogP contribution is -2.59. The average Bonchev–Trinajstić information content (AvgIpc) is 2.82. The van der Waals surface area contributed by atoms with E-state index in [1.54, 1.807) is 35.5 Å². The zero-order valence-electron chi connectivity index (χ0n) is 19.3. The van der Waals surface area contributed by atoms with Gasteiger partial charge in [0.1, 0.15) is 0 Å². The van der Waals surface area contributed by atoms with Gasteiger partial charge in [-0.25, -0.2) is 5.84 Å². The molecule has 3 rings (SSSR count). The molecule has 1 saturated carbocycles. The highest BCUT2D eigenvalue weighted by molar-refractivity contribution is 7.99. The van der Waals surface area contributed by atoms with E-state index in [9.17, 15) is 18.7 Å². The zero-order chi connectivity index (χ0) is 24.7. The molecule has 1 aliphatic carbocycles. The van der Waals surface area contributed by atoms with E-state index in [0.717, 1.165) is 51.6 Å². The second-order valence-corrected chi connectivity index (χ2v) is 10.2. The van der Waals surface area contributed by atoms with E-state index in [-0.39, 0.29) is 12.6 Å². The highest BCUT2D eigenvalue weighted by atomic mass is 32.2. The van der Waals surface area contributed by atoms with Crippen LogP contribution in [0.2, 0.25) is 0 Å². The number of aliphatic hydroxyl groups is 1. The predicted octanol–water partition coefficient (Wildman–Crippen LogP) is 2.05. The van der Waals surface area contributed by atoms with Crippen LogP contribution < -0.4 is 22.6 Å². The maximum absolute atomic E-state index is 12.5. The number of nitrogens with zero attached hydrogens (tertiary/aromatic N) is 2. The Labute approximate surface area is 203 Å². The molecule has 190 valence electrons. The van der Waals surface area contributed by atoms with Crippen molar-refractivity contribution in [1.29, 1.82) is 0 Å². The topological polar surface area (TPSA) is 134 Å². The number of carbonyl (C=O) groups is 1. The van der Waals surface area contributed by atoms with E-state index in [0.29, 0.717) is 40.5 Å². The number of thioether (sulfide) groups is 1. The van der Waals surface area contributed by atoms with Gasteiger partial charge in [0.2, 0.25) is 5.91 Å². The number of carbonyl (C=O) groups excluding carboxylic acids is 1. The molecular formula is C23H36F2N6O2S. The molecule has 1 aliphatic heterocycles. The first kappa shape index (κ1) is 26.7. The number of piperidine rings is 1. The smallest absolute Gasteiger partial charge is 0.288 e. The van der Waals surface area contributed by atoms with Gasteiger partial charge in [-0.05, 0) is 62.8 Å². The number of anilines is 1. The molecule has 11 heteroatoms. The molecule has 8 N–H and O–H groups in total. The van der Waals surface area contributed by atoms with E-state index >= 15 is 0 Å². The number of hydrogen-bond donors (Lipinski definition) is 5. The van der Waals surface area contributed by atoms with Gasteiger partial charge in [0.15, 0.2) is 0 Å². The molecule has 0 unspecified atom stereocenters. The summed E-state index contributed by atoms with van der Waals surface area (Å²) < 4.78 is 25.0. The van der Waals surface area contributed by atoms with Crippen LogP contribution in [0.25, 0.3) is 0 Å². The number of hydrogen-bond acceptors (Lipinski definition) is 8. The van der Waals surface area contributed by atoms with Crippen LogP contribution in [-0.2, 0) is 4.79 Å². The van der Waals surface area contributed by atoms with Crippen LogP contribution in [0.15, 0.2) is 40.9 Å². The summed E-state index contributed by atoms with van der Waals surface area (Å²) in [6, 6.07) is 6.98. The first-order valence-corrected chi connectivity index (χ1v) is 12.6. The zero-order valence-corrected chi connectivity index (χ0v) is 20.2. The highest BCUT2D eigenvalue weighted by Crippen LogP contribution is 2.35. The van der Waals surface area contributed by atoms with Crippen LogP contribution >= 0.6 is 11.8 Å². The molecule has 1 heterocycles. The fraction of sp³-hybridized carbons (Fsp3) is 0.609. The summed E-state index contributed by atoms with van der Waals surface area (Å²) in [6.07, 6.45) is 6.49. The average molecular weight is 499 g/mol.